The number of carbonyl (C=O) groups is 1. The van der Waals surface area contributed by atoms with Crippen LogP contribution in [-0.4, -0.2) is 44.0 Å². The lowest BCUT2D eigenvalue weighted by molar-refractivity contribution is -0.154. The van der Waals surface area contributed by atoms with E-state index in [0.29, 0.717) is 19.8 Å². The Morgan fingerprint density at radius 1 is 1.58 bits per heavy atom. The van der Waals surface area contributed by atoms with Gasteiger partial charge >= 0.3 is 5.97 Å². The monoisotopic (exact) mass is 329 g/mol. The van der Waals surface area contributed by atoms with Gasteiger partial charge in [0.2, 0.25) is 0 Å². The molecule has 19 heavy (non-hydrogen) atoms. The summed E-state index contributed by atoms with van der Waals surface area (Å²) in [6, 6.07) is 7.66. The van der Waals surface area contributed by atoms with Crippen LogP contribution in [0.25, 0.3) is 0 Å². The Morgan fingerprint density at radius 2 is 2.42 bits per heavy atom. The third kappa shape index (κ3) is 3.76. The van der Waals surface area contributed by atoms with Crippen LogP contribution in [0.15, 0.2) is 28.7 Å². The number of hydrogen-bond acceptors (Lipinski definition) is 4. The molecule has 0 aliphatic carbocycles. The first-order valence-corrected chi connectivity index (χ1v) is 6.82. The van der Waals surface area contributed by atoms with Crippen molar-refractivity contribution in [2.24, 2.45) is 0 Å². The fourth-order valence-electron chi connectivity index (χ4n) is 2.06. The molecule has 1 unspecified atom stereocenters. The maximum Gasteiger partial charge on any atom is 0.329 e. The second kappa shape index (κ2) is 6.47. The van der Waals surface area contributed by atoms with Crippen molar-refractivity contribution >= 4 is 21.9 Å². The van der Waals surface area contributed by atoms with Gasteiger partial charge in [-0.05, 0) is 17.7 Å². The van der Waals surface area contributed by atoms with Crippen molar-refractivity contribution in [2.45, 2.75) is 5.60 Å². The molecule has 1 saturated heterocycles. The van der Waals surface area contributed by atoms with Crippen molar-refractivity contribution in [3.8, 4) is 0 Å². The van der Waals surface area contributed by atoms with Gasteiger partial charge in [-0.1, -0.05) is 28.1 Å². The largest absolute Gasteiger partial charge is 0.480 e. The van der Waals surface area contributed by atoms with E-state index in [4.69, 9.17) is 14.6 Å². The van der Waals surface area contributed by atoms with Gasteiger partial charge in [0.15, 0.2) is 0 Å². The minimum absolute atomic E-state index is 0.337. The highest BCUT2D eigenvalue weighted by Crippen LogP contribution is 2.29. The number of nitrogens with one attached hydrogen (secondary N) is 1. The van der Waals surface area contributed by atoms with Gasteiger partial charge in [-0.3, -0.25) is 0 Å². The molecule has 1 aliphatic rings. The molecular formula is C13H16BrNO4. The summed E-state index contributed by atoms with van der Waals surface area (Å²) in [5.41, 5.74) is 0.135. The lowest BCUT2D eigenvalue weighted by Gasteiger charge is -2.32. The molecule has 0 amide bonds. The maximum absolute atomic E-state index is 10.8. The molecule has 0 saturated carbocycles. The Kier molecular flexibility index (Phi) is 4.93. The van der Waals surface area contributed by atoms with E-state index in [-0.39, 0.29) is 6.61 Å². The van der Waals surface area contributed by atoms with E-state index in [2.05, 4.69) is 21.2 Å². The van der Waals surface area contributed by atoms with Crippen LogP contribution in [0.1, 0.15) is 5.56 Å². The molecule has 1 aromatic carbocycles. The predicted octanol–water partition coefficient (Wildman–Crippen LogP) is 1.37. The van der Waals surface area contributed by atoms with Crippen LogP contribution in [0.4, 0.5) is 0 Å². The molecule has 0 spiro atoms. The normalized spacial score (nSPS) is 23.8. The number of hydrogen-bond donors (Lipinski definition) is 2. The van der Waals surface area contributed by atoms with E-state index >= 15 is 0 Å². The van der Waals surface area contributed by atoms with Gasteiger partial charge in [-0.2, -0.15) is 0 Å². The Morgan fingerprint density at radius 3 is 3.16 bits per heavy atom. The summed E-state index contributed by atoms with van der Waals surface area (Å²) < 4.78 is 12.1. The van der Waals surface area contributed by atoms with Crippen LogP contribution in [0.5, 0.6) is 0 Å². The molecule has 1 fully saturated rings. The molecule has 2 rings (SSSR count). The lowest BCUT2D eigenvalue weighted by Crippen LogP contribution is -2.43. The SMILES string of the molecule is O=C(O)COC1(c2cccc(Br)c2)CNCCOC1. The maximum atomic E-state index is 10.8. The van der Waals surface area contributed by atoms with Crippen molar-refractivity contribution < 1.29 is 19.4 Å². The van der Waals surface area contributed by atoms with Gasteiger partial charge in [0, 0.05) is 17.6 Å². The molecule has 104 valence electrons. The number of ether oxygens (including phenoxy) is 2. The van der Waals surface area contributed by atoms with Crippen LogP contribution < -0.4 is 5.32 Å². The van der Waals surface area contributed by atoms with Gasteiger partial charge in [0.25, 0.3) is 0 Å². The highest BCUT2D eigenvalue weighted by Gasteiger charge is 2.35. The Hall–Kier alpha value is -0.950. The Bertz CT molecular complexity index is 444. The summed E-state index contributed by atoms with van der Waals surface area (Å²) in [7, 11) is 0. The zero-order valence-electron chi connectivity index (χ0n) is 10.4. The van der Waals surface area contributed by atoms with Crippen LogP contribution in [-0.2, 0) is 19.9 Å². The highest BCUT2D eigenvalue weighted by molar-refractivity contribution is 9.10. The van der Waals surface area contributed by atoms with Crippen molar-refractivity contribution in [1.82, 2.24) is 5.32 Å². The van der Waals surface area contributed by atoms with Crippen molar-refractivity contribution in [1.29, 1.82) is 0 Å². The Balaban J connectivity index is 2.28. The number of carboxylic acid groups (broad SMARTS) is 1. The van der Waals surface area contributed by atoms with Crippen molar-refractivity contribution in [3.63, 3.8) is 0 Å². The minimum atomic E-state index is -0.987. The molecule has 6 heteroatoms. The molecule has 1 aliphatic heterocycles. The van der Waals surface area contributed by atoms with Crippen molar-refractivity contribution in [3.05, 3.63) is 34.3 Å². The average molecular weight is 330 g/mol. The van der Waals surface area contributed by atoms with E-state index in [1.807, 2.05) is 24.3 Å². The fourth-order valence-corrected chi connectivity index (χ4v) is 2.46. The molecule has 0 bridgehead atoms. The van der Waals surface area contributed by atoms with Crippen molar-refractivity contribution in [2.75, 3.05) is 32.9 Å². The number of aliphatic carboxylic acids is 1. The summed E-state index contributed by atoms with van der Waals surface area (Å²) in [6.07, 6.45) is 0. The quantitative estimate of drug-likeness (QED) is 0.873. The van der Waals surface area contributed by atoms with E-state index in [1.54, 1.807) is 0 Å². The van der Waals surface area contributed by atoms with Gasteiger partial charge in [-0.15, -0.1) is 0 Å². The summed E-state index contributed by atoms with van der Waals surface area (Å²) >= 11 is 3.42. The topological polar surface area (TPSA) is 67.8 Å². The molecule has 1 aromatic rings. The van der Waals surface area contributed by atoms with E-state index in [9.17, 15) is 4.79 Å². The zero-order chi connectivity index (χ0) is 13.7. The van der Waals surface area contributed by atoms with Gasteiger partial charge in [-0.25, -0.2) is 4.79 Å². The first kappa shape index (κ1) is 14.5. The lowest BCUT2D eigenvalue weighted by atomic mass is 9.94. The average Bonchev–Trinajstić information content (AvgIpc) is 2.63. The first-order chi connectivity index (χ1) is 9.12. The van der Waals surface area contributed by atoms with Gasteiger partial charge in [0.1, 0.15) is 12.2 Å². The molecule has 0 aromatic heterocycles. The van der Waals surface area contributed by atoms with Gasteiger partial charge < -0.3 is 19.9 Å². The second-order valence-electron chi connectivity index (χ2n) is 4.42. The Labute approximate surface area is 120 Å². The third-order valence-corrected chi connectivity index (χ3v) is 3.48. The van der Waals surface area contributed by atoms with Gasteiger partial charge in [0.05, 0.1) is 13.2 Å². The molecule has 1 atom stereocenters. The molecule has 2 N–H and O–H groups in total. The first-order valence-electron chi connectivity index (χ1n) is 6.03. The second-order valence-corrected chi connectivity index (χ2v) is 5.33. The van der Waals surface area contributed by atoms with Crippen LogP contribution in [0, 0.1) is 0 Å². The summed E-state index contributed by atoms with van der Waals surface area (Å²) in [5, 5.41) is 12.1. The highest BCUT2D eigenvalue weighted by atomic mass is 79.9. The standard InChI is InChI=1S/C13H16BrNO4/c14-11-3-1-2-10(6-11)13(19-7-12(16)17)8-15-4-5-18-9-13/h1-3,6,15H,4-5,7-9H2,(H,16,17). The molecule has 1 heterocycles. The number of halogens is 1. The smallest absolute Gasteiger partial charge is 0.329 e. The third-order valence-electron chi connectivity index (χ3n) is 2.99. The van der Waals surface area contributed by atoms with E-state index in [1.165, 1.54) is 0 Å². The molecule has 5 nitrogen and oxygen atoms in total. The molecular weight excluding hydrogens is 314 g/mol. The number of benzene rings is 1. The zero-order valence-corrected chi connectivity index (χ0v) is 12.0. The summed E-state index contributed by atoms with van der Waals surface area (Å²) in [5.74, 6) is -0.987. The summed E-state index contributed by atoms with van der Waals surface area (Å²) in [4.78, 5) is 10.8. The molecule has 0 radical (unpaired) electrons. The van der Waals surface area contributed by atoms with Crippen LogP contribution in [0.3, 0.4) is 0 Å². The van der Waals surface area contributed by atoms with Crippen LogP contribution in [0.2, 0.25) is 0 Å². The predicted molar refractivity (Wildman–Crippen MR) is 73.1 cm³/mol. The van der Waals surface area contributed by atoms with Crippen LogP contribution >= 0.6 is 15.9 Å². The minimum Gasteiger partial charge on any atom is -0.480 e. The van der Waals surface area contributed by atoms with E-state index < -0.39 is 11.6 Å². The summed E-state index contributed by atoms with van der Waals surface area (Å²) in [6.45, 7) is 1.83. The number of carboxylic acids is 1. The van der Waals surface area contributed by atoms with E-state index in [0.717, 1.165) is 16.6 Å². The fraction of sp³-hybridized carbons (Fsp3) is 0.462. The number of rotatable bonds is 4.